The summed E-state index contributed by atoms with van der Waals surface area (Å²) >= 11 is 0. The first-order valence-electron chi connectivity index (χ1n) is 7.89. The molecule has 0 unspecified atom stereocenters. The summed E-state index contributed by atoms with van der Waals surface area (Å²) in [6.45, 7) is 1.06. The Labute approximate surface area is 129 Å². The van der Waals surface area contributed by atoms with Crippen LogP contribution in [0.2, 0.25) is 0 Å². The highest BCUT2D eigenvalue weighted by Crippen LogP contribution is 2.26. The van der Waals surface area contributed by atoms with Crippen molar-refractivity contribution in [2.45, 2.75) is 38.1 Å². The summed E-state index contributed by atoms with van der Waals surface area (Å²) in [6, 6.07) is 4.82. The summed E-state index contributed by atoms with van der Waals surface area (Å²) in [5.41, 5.74) is 2.91. The lowest BCUT2D eigenvalue weighted by molar-refractivity contribution is -0.142. The van der Waals surface area contributed by atoms with Gasteiger partial charge in [-0.1, -0.05) is 12.1 Å². The fraction of sp³-hybridized carbons (Fsp3) is 0.529. The topological polar surface area (TPSA) is 75.6 Å². The zero-order valence-electron chi connectivity index (χ0n) is 12.5. The van der Waals surface area contributed by atoms with Gasteiger partial charge in [0.1, 0.15) is 6.04 Å². The number of carboxylic acid groups (broad SMARTS) is 1. The number of aliphatic carboxylic acids is 1. The van der Waals surface area contributed by atoms with Gasteiger partial charge in [-0.3, -0.25) is 4.79 Å². The monoisotopic (exact) mass is 303 g/mol. The van der Waals surface area contributed by atoms with E-state index in [1.807, 2.05) is 12.1 Å². The van der Waals surface area contributed by atoms with Crippen molar-refractivity contribution in [3.63, 3.8) is 0 Å². The van der Waals surface area contributed by atoms with Crippen molar-refractivity contribution >= 4 is 11.9 Å². The lowest BCUT2D eigenvalue weighted by Gasteiger charge is -2.28. The molecule has 0 aromatic heterocycles. The molecule has 1 saturated heterocycles. The first kappa shape index (κ1) is 15.0. The maximum Gasteiger partial charge on any atom is 0.326 e. The molecule has 5 heteroatoms. The SMILES string of the molecule is O=C(N[C@H](C(=O)O)[C@H]1CCCOC1)c1cccc2c1CCC2. The molecule has 2 atom stereocenters. The Morgan fingerprint density at radius 2 is 2.14 bits per heavy atom. The highest BCUT2D eigenvalue weighted by atomic mass is 16.5. The van der Waals surface area contributed by atoms with Crippen molar-refractivity contribution in [3.8, 4) is 0 Å². The minimum absolute atomic E-state index is 0.160. The molecule has 2 aliphatic rings. The van der Waals surface area contributed by atoms with Crippen molar-refractivity contribution in [1.29, 1.82) is 0 Å². The van der Waals surface area contributed by atoms with Gasteiger partial charge in [0.2, 0.25) is 0 Å². The van der Waals surface area contributed by atoms with Crippen molar-refractivity contribution in [2.24, 2.45) is 5.92 Å². The predicted molar refractivity (Wildman–Crippen MR) is 80.9 cm³/mol. The molecular formula is C17H21NO4. The van der Waals surface area contributed by atoms with E-state index in [1.54, 1.807) is 6.07 Å². The molecule has 118 valence electrons. The third-order valence-electron chi connectivity index (χ3n) is 4.61. The van der Waals surface area contributed by atoms with E-state index < -0.39 is 12.0 Å². The van der Waals surface area contributed by atoms with Gasteiger partial charge >= 0.3 is 5.97 Å². The van der Waals surface area contributed by atoms with Crippen LogP contribution in [0.4, 0.5) is 0 Å². The van der Waals surface area contributed by atoms with Gasteiger partial charge < -0.3 is 15.2 Å². The van der Waals surface area contributed by atoms with Gasteiger partial charge in [0.05, 0.1) is 6.61 Å². The summed E-state index contributed by atoms with van der Waals surface area (Å²) in [5.74, 6) is -1.43. The predicted octanol–water partition coefficient (Wildman–Crippen LogP) is 1.78. The van der Waals surface area contributed by atoms with Gasteiger partial charge in [-0.2, -0.15) is 0 Å². The van der Waals surface area contributed by atoms with Crippen LogP contribution in [-0.2, 0) is 22.4 Å². The van der Waals surface area contributed by atoms with Gasteiger partial charge in [0.25, 0.3) is 5.91 Å². The molecule has 1 aromatic carbocycles. The third kappa shape index (κ3) is 2.99. The molecule has 1 aromatic rings. The summed E-state index contributed by atoms with van der Waals surface area (Å²) in [4.78, 5) is 24.1. The fourth-order valence-corrected chi connectivity index (χ4v) is 3.46. The molecule has 1 aliphatic carbocycles. The molecule has 0 spiro atoms. The molecular weight excluding hydrogens is 282 g/mol. The molecule has 3 rings (SSSR count). The molecule has 0 bridgehead atoms. The van der Waals surface area contributed by atoms with Crippen LogP contribution in [-0.4, -0.2) is 36.2 Å². The van der Waals surface area contributed by atoms with Gasteiger partial charge in [0.15, 0.2) is 0 Å². The van der Waals surface area contributed by atoms with Crippen LogP contribution in [0.5, 0.6) is 0 Å². The van der Waals surface area contributed by atoms with E-state index in [4.69, 9.17) is 4.74 Å². The summed E-state index contributed by atoms with van der Waals surface area (Å²) in [5, 5.41) is 12.2. The Morgan fingerprint density at radius 3 is 2.86 bits per heavy atom. The lowest BCUT2D eigenvalue weighted by Crippen LogP contribution is -2.48. The smallest absolute Gasteiger partial charge is 0.326 e. The van der Waals surface area contributed by atoms with E-state index in [0.717, 1.165) is 37.7 Å². The Morgan fingerprint density at radius 1 is 1.27 bits per heavy atom. The largest absolute Gasteiger partial charge is 0.480 e. The maximum absolute atomic E-state index is 12.5. The first-order valence-corrected chi connectivity index (χ1v) is 7.89. The van der Waals surface area contributed by atoms with E-state index in [-0.39, 0.29) is 11.8 Å². The van der Waals surface area contributed by atoms with Crippen LogP contribution in [0.1, 0.15) is 40.7 Å². The van der Waals surface area contributed by atoms with Crippen molar-refractivity contribution in [3.05, 3.63) is 34.9 Å². The Hall–Kier alpha value is -1.88. The van der Waals surface area contributed by atoms with Crippen LogP contribution in [0.25, 0.3) is 0 Å². The number of amides is 1. The molecule has 5 nitrogen and oxygen atoms in total. The summed E-state index contributed by atoms with van der Waals surface area (Å²) in [6.07, 6.45) is 4.55. The molecule has 1 aliphatic heterocycles. The minimum atomic E-state index is -0.989. The van der Waals surface area contributed by atoms with E-state index in [2.05, 4.69) is 5.32 Å². The number of carbonyl (C=O) groups is 2. The first-order chi connectivity index (χ1) is 10.7. The minimum Gasteiger partial charge on any atom is -0.480 e. The van der Waals surface area contributed by atoms with Crippen molar-refractivity contribution in [2.75, 3.05) is 13.2 Å². The second-order valence-corrected chi connectivity index (χ2v) is 6.06. The molecule has 0 radical (unpaired) electrons. The molecule has 1 fully saturated rings. The number of rotatable bonds is 4. The second kappa shape index (κ2) is 6.48. The van der Waals surface area contributed by atoms with Crippen LogP contribution in [0.3, 0.4) is 0 Å². The average Bonchev–Trinajstić information content (AvgIpc) is 3.01. The standard InChI is InChI=1S/C17H21NO4/c19-16(14-8-2-5-11-4-1-7-13(11)14)18-15(17(20)21)12-6-3-9-22-10-12/h2,5,8,12,15H,1,3-4,6-7,9-10H2,(H,18,19)(H,20,21)/t12-,15-/m0/s1. The molecule has 0 saturated carbocycles. The number of hydrogen-bond acceptors (Lipinski definition) is 3. The van der Waals surface area contributed by atoms with E-state index in [0.29, 0.717) is 18.8 Å². The number of nitrogens with one attached hydrogen (secondary N) is 1. The zero-order valence-corrected chi connectivity index (χ0v) is 12.5. The van der Waals surface area contributed by atoms with E-state index in [9.17, 15) is 14.7 Å². The van der Waals surface area contributed by atoms with Crippen LogP contribution in [0, 0.1) is 5.92 Å². The van der Waals surface area contributed by atoms with Gasteiger partial charge in [-0.05, 0) is 49.3 Å². The third-order valence-corrected chi connectivity index (χ3v) is 4.61. The van der Waals surface area contributed by atoms with E-state index in [1.165, 1.54) is 5.56 Å². The van der Waals surface area contributed by atoms with Crippen LogP contribution in [0.15, 0.2) is 18.2 Å². The number of aryl methyl sites for hydroxylation is 1. The molecule has 1 heterocycles. The van der Waals surface area contributed by atoms with Crippen molar-refractivity contribution in [1.82, 2.24) is 5.32 Å². The second-order valence-electron chi connectivity index (χ2n) is 6.06. The Balaban J connectivity index is 1.77. The fourth-order valence-electron chi connectivity index (χ4n) is 3.46. The van der Waals surface area contributed by atoms with Gasteiger partial charge in [0, 0.05) is 18.1 Å². The number of carboxylic acids is 1. The molecule has 2 N–H and O–H groups in total. The van der Waals surface area contributed by atoms with Gasteiger partial charge in [-0.15, -0.1) is 0 Å². The normalized spacial score (nSPS) is 21.9. The highest BCUT2D eigenvalue weighted by Gasteiger charge is 2.32. The number of fused-ring (bicyclic) bond motifs is 1. The Bertz CT molecular complexity index is 578. The maximum atomic E-state index is 12.5. The zero-order chi connectivity index (χ0) is 15.5. The van der Waals surface area contributed by atoms with Crippen LogP contribution >= 0.6 is 0 Å². The van der Waals surface area contributed by atoms with E-state index >= 15 is 0 Å². The summed E-state index contributed by atoms with van der Waals surface area (Å²) in [7, 11) is 0. The quantitative estimate of drug-likeness (QED) is 0.889. The highest BCUT2D eigenvalue weighted by molar-refractivity contribution is 5.98. The lowest BCUT2D eigenvalue weighted by atomic mass is 9.93. The van der Waals surface area contributed by atoms with Crippen molar-refractivity contribution < 1.29 is 19.4 Å². The number of benzene rings is 1. The summed E-state index contributed by atoms with van der Waals surface area (Å²) < 4.78 is 5.36. The average molecular weight is 303 g/mol. The van der Waals surface area contributed by atoms with Crippen LogP contribution < -0.4 is 5.32 Å². The van der Waals surface area contributed by atoms with Gasteiger partial charge in [-0.25, -0.2) is 4.79 Å². The number of hydrogen-bond donors (Lipinski definition) is 2. The Kier molecular flexibility index (Phi) is 4.43. The molecule has 1 amide bonds. The molecule has 22 heavy (non-hydrogen) atoms. The number of carbonyl (C=O) groups excluding carboxylic acids is 1. The number of ether oxygens (including phenoxy) is 1.